The van der Waals surface area contributed by atoms with Crippen molar-refractivity contribution in [3.05, 3.63) is 54.7 Å². The summed E-state index contributed by atoms with van der Waals surface area (Å²) >= 11 is 0. The predicted molar refractivity (Wildman–Crippen MR) is 185 cm³/mol. The third kappa shape index (κ3) is 6.18. The summed E-state index contributed by atoms with van der Waals surface area (Å²) in [5, 5.41) is 16.3. The Morgan fingerprint density at radius 1 is 1.10 bits per heavy atom. The van der Waals surface area contributed by atoms with Crippen LogP contribution in [0.15, 0.2) is 49.1 Å². The van der Waals surface area contributed by atoms with Gasteiger partial charge in [-0.15, -0.1) is 0 Å². The highest BCUT2D eigenvalue weighted by molar-refractivity contribution is 6.05. The van der Waals surface area contributed by atoms with Crippen molar-refractivity contribution in [1.29, 1.82) is 0 Å². The number of hydrogen-bond acceptors (Lipinski definition) is 12. The van der Waals surface area contributed by atoms with Crippen LogP contribution in [-0.2, 0) is 9.53 Å². The first-order valence-corrected chi connectivity index (χ1v) is 17.1. The molecule has 15 nitrogen and oxygen atoms in total. The van der Waals surface area contributed by atoms with E-state index in [0.29, 0.717) is 65.7 Å². The first-order valence-electron chi connectivity index (χ1n) is 17.1. The molecule has 2 saturated heterocycles. The number of ether oxygens (including phenoxy) is 3. The molecule has 3 aliphatic heterocycles. The smallest absolute Gasteiger partial charge is 0.309 e. The van der Waals surface area contributed by atoms with Gasteiger partial charge in [-0.2, -0.15) is 10.2 Å². The number of likely N-dealkylation sites (N-methyl/N-ethyl adjacent to an activating group) is 1. The summed E-state index contributed by atoms with van der Waals surface area (Å²) in [6.07, 6.45) is 9.35. The molecule has 50 heavy (non-hydrogen) atoms. The van der Waals surface area contributed by atoms with Gasteiger partial charge >= 0.3 is 5.97 Å². The van der Waals surface area contributed by atoms with Gasteiger partial charge in [-0.25, -0.2) is 14.2 Å². The van der Waals surface area contributed by atoms with Gasteiger partial charge in [-0.05, 0) is 51.5 Å². The third-order valence-electron chi connectivity index (χ3n) is 9.79. The zero-order valence-electron chi connectivity index (χ0n) is 28.2. The number of nitrogens with zero attached hydrogens (tertiary/aromatic N) is 8. The third-order valence-corrected chi connectivity index (χ3v) is 9.79. The van der Waals surface area contributed by atoms with Gasteiger partial charge in [0.2, 0.25) is 0 Å². The largest absolute Gasteiger partial charge is 0.494 e. The quantitative estimate of drug-likeness (QED) is 0.220. The number of amides is 1. The van der Waals surface area contributed by atoms with E-state index in [2.05, 4.69) is 30.5 Å². The second-order valence-electron chi connectivity index (χ2n) is 13.1. The number of aromatic nitrogens is 6. The van der Waals surface area contributed by atoms with Crippen LogP contribution in [0.25, 0.3) is 33.5 Å². The Morgan fingerprint density at radius 2 is 1.98 bits per heavy atom. The number of rotatable bonds is 9. The maximum absolute atomic E-state index is 13.8. The SMILES string of the molecule is COc1cc2c(cc1-n1nc(C(=O)NCCN3CCC(C(=O)O[C@H]4CCN(C)C4)CC3)c3cnc(-c4cnn5cccnc45)cc31)OCCN2. The van der Waals surface area contributed by atoms with Crippen molar-refractivity contribution in [1.82, 2.24) is 44.5 Å². The molecule has 0 aliphatic carbocycles. The Labute approximate surface area is 288 Å². The lowest BCUT2D eigenvalue weighted by atomic mass is 9.97. The van der Waals surface area contributed by atoms with Crippen LogP contribution >= 0.6 is 0 Å². The highest BCUT2D eigenvalue weighted by atomic mass is 16.5. The van der Waals surface area contributed by atoms with E-state index in [9.17, 15) is 9.59 Å². The van der Waals surface area contributed by atoms with Crippen LogP contribution in [0.2, 0.25) is 0 Å². The number of hydrogen-bond donors (Lipinski definition) is 2. The molecule has 1 atom stereocenters. The molecule has 0 spiro atoms. The number of esters is 1. The van der Waals surface area contributed by atoms with E-state index in [-0.39, 0.29) is 29.6 Å². The summed E-state index contributed by atoms with van der Waals surface area (Å²) in [4.78, 5) is 40.2. The van der Waals surface area contributed by atoms with E-state index in [1.807, 2.05) is 37.5 Å². The molecule has 0 unspecified atom stereocenters. The Bertz CT molecular complexity index is 2050. The number of likely N-dealkylation sites (tertiary alicyclic amines) is 2. The molecule has 0 bridgehead atoms. The molecule has 15 heteroatoms. The van der Waals surface area contributed by atoms with Crippen LogP contribution in [0.5, 0.6) is 11.5 Å². The Morgan fingerprint density at radius 3 is 2.80 bits per heavy atom. The molecule has 1 aromatic carbocycles. The monoisotopic (exact) mass is 680 g/mol. The van der Waals surface area contributed by atoms with E-state index < -0.39 is 0 Å². The van der Waals surface area contributed by atoms with E-state index in [4.69, 9.17) is 24.3 Å². The van der Waals surface area contributed by atoms with Crippen molar-refractivity contribution < 1.29 is 23.8 Å². The number of carbonyl (C=O) groups excluding carboxylic acids is 2. The standard InChI is InChI=1S/C35H40N10O5/c1-42-11-6-23(21-42)50-35(47)22-4-12-43(13-5-22)14-8-38-34(46)32-25-19-39-26(24-20-40-44-10-3-7-37-33(24)44)16-28(25)45(41-32)29-18-30-27(17-31(29)48-2)36-9-15-49-30/h3,7,10,16-20,22-23,36H,4-6,8-9,11-15,21H2,1-2H3,(H,38,46)/t23-/m0/s1. The van der Waals surface area contributed by atoms with E-state index in [1.54, 1.807) is 34.9 Å². The van der Waals surface area contributed by atoms with Crippen molar-refractivity contribution in [2.75, 3.05) is 71.9 Å². The topological polar surface area (TPSA) is 153 Å². The average molecular weight is 681 g/mol. The number of anilines is 1. The van der Waals surface area contributed by atoms with Gasteiger partial charge in [0, 0.05) is 63.4 Å². The fourth-order valence-corrected chi connectivity index (χ4v) is 7.05. The van der Waals surface area contributed by atoms with E-state index >= 15 is 0 Å². The van der Waals surface area contributed by atoms with Crippen molar-refractivity contribution in [3.63, 3.8) is 0 Å². The molecule has 0 saturated carbocycles. The molecular formula is C35H40N10O5. The fourth-order valence-electron chi connectivity index (χ4n) is 7.05. The number of nitrogens with one attached hydrogen (secondary N) is 2. The molecular weight excluding hydrogens is 640 g/mol. The maximum atomic E-state index is 13.8. The van der Waals surface area contributed by atoms with Gasteiger partial charge in [0.1, 0.15) is 29.9 Å². The van der Waals surface area contributed by atoms with Gasteiger partial charge in [0.25, 0.3) is 5.91 Å². The number of benzene rings is 1. The second-order valence-corrected chi connectivity index (χ2v) is 13.1. The van der Waals surface area contributed by atoms with Gasteiger partial charge in [0.05, 0.1) is 47.1 Å². The molecule has 3 aliphatic rings. The van der Waals surface area contributed by atoms with Crippen LogP contribution in [0, 0.1) is 5.92 Å². The van der Waals surface area contributed by atoms with Gasteiger partial charge in [-0.1, -0.05) is 0 Å². The van der Waals surface area contributed by atoms with Gasteiger partial charge in [0.15, 0.2) is 11.3 Å². The molecule has 4 aromatic heterocycles. The van der Waals surface area contributed by atoms with Gasteiger partial charge < -0.3 is 34.6 Å². The summed E-state index contributed by atoms with van der Waals surface area (Å²) in [6, 6.07) is 7.46. The number of fused-ring (bicyclic) bond motifs is 3. The Balaban J connectivity index is 1.02. The summed E-state index contributed by atoms with van der Waals surface area (Å²) < 4.78 is 20.9. The molecule has 0 radical (unpaired) electrons. The van der Waals surface area contributed by atoms with Crippen molar-refractivity contribution >= 4 is 34.1 Å². The summed E-state index contributed by atoms with van der Waals surface area (Å²) in [7, 11) is 3.65. The zero-order chi connectivity index (χ0) is 34.2. The molecule has 2 fully saturated rings. The lowest BCUT2D eigenvalue weighted by Gasteiger charge is -2.31. The van der Waals surface area contributed by atoms with Crippen molar-refractivity contribution in [3.8, 4) is 28.4 Å². The molecule has 1 amide bonds. The molecule has 2 N–H and O–H groups in total. The maximum Gasteiger partial charge on any atom is 0.309 e. The lowest BCUT2D eigenvalue weighted by molar-refractivity contribution is -0.155. The number of methoxy groups -OCH3 is 1. The average Bonchev–Trinajstić information content (AvgIpc) is 3.87. The molecule has 5 aromatic rings. The number of piperidine rings is 1. The Hall–Kier alpha value is -5.28. The van der Waals surface area contributed by atoms with E-state index in [1.165, 1.54) is 0 Å². The van der Waals surface area contributed by atoms with Crippen molar-refractivity contribution in [2.24, 2.45) is 5.92 Å². The van der Waals surface area contributed by atoms with Crippen LogP contribution in [-0.4, -0.2) is 124 Å². The summed E-state index contributed by atoms with van der Waals surface area (Å²) in [5.74, 6) is 0.783. The first-order chi connectivity index (χ1) is 24.4. The first kappa shape index (κ1) is 32.0. The number of carbonyl (C=O) groups is 2. The highest BCUT2D eigenvalue weighted by Crippen LogP contribution is 2.38. The normalized spacial score (nSPS) is 18.5. The lowest BCUT2D eigenvalue weighted by Crippen LogP contribution is -2.41. The fraction of sp³-hybridized carbons (Fsp3) is 0.429. The van der Waals surface area contributed by atoms with Crippen LogP contribution in [0.3, 0.4) is 0 Å². The summed E-state index contributed by atoms with van der Waals surface area (Å²) in [6.45, 7) is 5.63. The Kier molecular flexibility index (Phi) is 8.66. The predicted octanol–water partition coefficient (Wildman–Crippen LogP) is 2.63. The second kappa shape index (κ2) is 13.6. The van der Waals surface area contributed by atoms with Crippen LogP contribution in [0.1, 0.15) is 29.8 Å². The molecule has 260 valence electrons. The highest BCUT2D eigenvalue weighted by Gasteiger charge is 2.30. The number of pyridine rings is 1. The summed E-state index contributed by atoms with van der Waals surface area (Å²) in [5.41, 5.74) is 4.41. The minimum absolute atomic E-state index is 0.00352. The van der Waals surface area contributed by atoms with Gasteiger partial charge in [-0.3, -0.25) is 14.6 Å². The molecule has 8 rings (SSSR count). The van der Waals surface area contributed by atoms with Crippen molar-refractivity contribution in [2.45, 2.75) is 25.4 Å². The molecule has 7 heterocycles. The van der Waals surface area contributed by atoms with Crippen LogP contribution < -0.4 is 20.1 Å². The zero-order valence-corrected chi connectivity index (χ0v) is 28.2. The minimum atomic E-state index is -0.309. The van der Waals surface area contributed by atoms with E-state index in [0.717, 1.165) is 56.7 Å². The minimum Gasteiger partial charge on any atom is -0.494 e. The van der Waals surface area contributed by atoms with Crippen LogP contribution in [0.4, 0.5) is 5.69 Å².